The largest absolute Gasteiger partial charge is 0.302 e. The molecule has 4 saturated carbocycles. The van der Waals surface area contributed by atoms with Crippen LogP contribution in [0.2, 0.25) is 0 Å². The van der Waals surface area contributed by atoms with Crippen molar-refractivity contribution in [3.63, 3.8) is 0 Å². The highest BCUT2D eigenvalue weighted by molar-refractivity contribution is 7.13. The van der Waals surface area contributed by atoms with Gasteiger partial charge in [-0.25, -0.2) is 4.98 Å². The van der Waals surface area contributed by atoms with E-state index >= 15 is 0 Å². The Balaban J connectivity index is 1.53. The van der Waals surface area contributed by atoms with Gasteiger partial charge in [0, 0.05) is 17.7 Å². The number of nitrogens with one attached hydrogen (secondary N) is 1. The average Bonchev–Trinajstić information content (AvgIpc) is 3.03. The fourth-order valence-corrected chi connectivity index (χ4v) is 7.41. The Morgan fingerprint density at radius 3 is 2.42 bits per heavy atom. The monoisotopic (exact) mass is 366 g/mol. The Hall–Kier alpha value is -1.68. The van der Waals surface area contributed by atoms with Gasteiger partial charge in [-0.2, -0.15) is 0 Å². The van der Waals surface area contributed by atoms with Crippen LogP contribution in [0.1, 0.15) is 62.3 Å². The highest BCUT2D eigenvalue weighted by Crippen LogP contribution is 2.66. The Labute approximate surface area is 159 Å². The van der Waals surface area contributed by atoms with E-state index in [0.717, 1.165) is 17.0 Å². The van der Waals surface area contributed by atoms with Gasteiger partial charge in [0.2, 0.25) is 5.91 Å². The third-order valence-electron chi connectivity index (χ3n) is 7.06. The molecule has 4 fully saturated rings. The van der Waals surface area contributed by atoms with Crippen molar-refractivity contribution in [2.45, 2.75) is 63.2 Å². The molecule has 26 heavy (non-hydrogen) atoms. The minimum atomic E-state index is -0.0347. The molecule has 0 saturated heterocycles. The zero-order valence-electron chi connectivity index (χ0n) is 15.5. The number of hydrogen-bond acceptors (Lipinski definition) is 3. The minimum absolute atomic E-state index is 0.0347. The summed E-state index contributed by atoms with van der Waals surface area (Å²) in [4.78, 5) is 16.3. The zero-order valence-corrected chi connectivity index (χ0v) is 16.4. The Kier molecular flexibility index (Phi) is 3.59. The first-order valence-corrected chi connectivity index (χ1v) is 10.7. The van der Waals surface area contributed by atoms with E-state index in [1.165, 1.54) is 49.8 Å². The van der Waals surface area contributed by atoms with E-state index in [1.54, 1.807) is 23.8 Å². The number of aryl methyl sites for hydroxylation is 1. The minimum Gasteiger partial charge on any atom is -0.302 e. The SMILES string of the molecule is CC(=O)Nc1nc(C23C[C@@H]4C[C@@H](CC(c5ccc(C)cc5)(C4)C2)C3)cs1. The number of anilines is 1. The highest BCUT2D eigenvalue weighted by Gasteiger charge is 2.59. The van der Waals surface area contributed by atoms with Gasteiger partial charge in [-0.05, 0) is 68.3 Å². The van der Waals surface area contributed by atoms with E-state index in [4.69, 9.17) is 4.98 Å². The number of nitrogens with zero attached hydrogens (tertiary/aromatic N) is 1. The number of thiazole rings is 1. The second-order valence-electron chi connectivity index (χ2n) is 9.11. The summed E-state index contributed by atoms with van der Waals surface area (Å²) in [5, 5.41) is 5.84. The molecular formula is C22H26N2OS. The molecular weight excluding hydrogens is 340 g/mol. The number of aromatic nitrogens is 1. The lowest BCUT2D eigenvalue weighted by atomic mass is 9.42. The molecule has 4 bridgehead atoms. The molecule has 6 rings (SSSR count). The first-order chi connectivity index (χ1) is 12.5. The van der Waals surface area contributed by atoms with E-state index in [0.29, 0.717) is 5.41 Å². The molecule has 0 spiro atoms. The summed E-state index contributed by atoms with van der Waals surface area (Å²) in [7, 11) is 0. The Morgan fingerprint density at radius 1 is 1.12 bits per heavy atom. The van der Waals surface area contributed by atoms with Gasteiger partial charge in [0.25, 0.3) is 0 Å². The smallest absolute Gasteiger partial charge is 0.223 e. The van der Waals surface area contributed by atoms with Crippen LogP contribution in [0.25, 0.3) is 0 Å². The molecule has 1 N–H and O–H groups in total. The highest BCUT2D eigenvalue weighted by atomic mass is 32.1. The van der Waals surface area contributed by atoms with Crippen LogP contribution >= 0.6 is 11.3 Å². The van der Waals surface area contributed by atoms with Crippen LogP contribution in [0, 0.1) is 18.8 Å². The summed E-state index contributed by atoms with van der Waals surface area (Å²) >= 11 is 1.58. The van der Waals surface area contributed by atoms with Crippen molar-refractivity contribution < 1.29 is 4.79 Å². The lowest BCUT2D eigenvalue weighted by molar-refractivity contribution is -0.114. The maximum atomic E-state index is 11.4. The van der Waals surface area contributed by atoms with Crippen LogP contribution < -0.4 is 5.32 Å². The second kappa shape index (κ2) is 5.66. The van der Waals surface area contributed by atoms with Crippen molar-refractivity contribution >= 4 is 22.4 Å². The van der Waals surface area contributed by atoms with Crippen molar-refractivity contribution in [2.75, 3.05) is 5.32 Å². The molecule has 4 aliphatic rings. The molecule has 1 heterocycles. The van der Waals surface area contributed by atoms with Crippen molar-refractivity contribution in [3.8, 4) is 0 Å². The van der Waals surface area contributed by atoms with Crippen LogP contribution in [-0.4, -0.2) is 10.9 Å². The number of rotatable bonds is 3. The maximum absolute atomic E-state index is 11.4. The second-order valence-corrected chi connectivity index (χ2v) is 9.96. The molecule has 1 amide bonds. The molecule has 0 aliphatic heterocycles. The van der Waals surface area contributed by atoms with Gasteiger partial charge in [0.1, 0.15) is 0 Å². The predicted molar refractivity (Wildman–Crippen MR) is 106 cm³/mol. The van der Waals surface area contributed by atoms with Crippen LogP contribution in [-0.2, 0) is 15.6 Å². The number of carbonyl (C=O) groups excluding carboxylic acids is 1. The fourth-order valence-electron chi connectivity index (χ4n) is 6.53. The molecule has 4 atom stereocenters. The Morgan fingerprint density at radius 2 is 1.77 bits per heavy atom. The van der Waals surface area contributed by atoms with Crippen molar-refractivity contribution in [2.24, 2.45) is 11.8 Å². The summed E-state index contributed by atoms with van der Waals surface area (Å²) in [6, 6.07) is 9.30. The molecule has 3 nitrogen and oxygen atoms in total. The first kappa shape index (κ1) is 16.5. The standard InChI is InChI=1S/C22H26N2OS/c1-14-3-5-18(6-4-14)21-8-16-7-17(9-21)11-22(10-16,13-21)19-12-26-20(24-19)23-15(2)25/h3-6,12,16-17H,7-11,13H2,1-2H3,(H,23,24,25)/t16-,17+,21?,22?. The van der Waals surface area contributed by atoms with Crippen molar-refractivity contribution in [3.05, 3.63) is 46.5 Å². The van der Waals surface area contributed by atoms with Gasteiger partial charge in [-0.1, -0.05) is 29.8 Å². The molecule has 136 valence electrons. The number of benzene rings is 1. The van der Waals surface area contributed by atoms with Crippen LogP contribution in [0.5, 0.6) is 0 Å². The molecule has 1 aromatic carbocycles. The molecule has 2 aromatic rings. The van der Waals surface area contributed by atoms with E-state index in [2.05, 4.69) is 41.9 Å². The quantitative estimate of drug-likeness (QED) is 0.811. The van der Waals surface area contributed by atoms with Crippen molar-refractivity contribution in [1.29, 1.82) is 0 Å². The van der Waals surface area contributed by atoms with E-state index in [-0.39, 0.29) is 11.3 Å². The van der Waals surface area contributed by atoms with E-state index < -0.39 is 0 Å². The lowest BCUT2D eigenvalue weighted by Crippen LogP contribution is -2.56. The lowest BCUT2D eigenvalue weighted by Gasteiger charge is -2.62. The summed E-state index contributed by atoms with van der Waals surface area (Å²) in [5.41, 5.74) is 4.65. The summed E-state index contributed by atoms with van der Waals surface area (Å²) in [6.45, 7) is 3.72. The number of amides is 1. The van der Waals surface area contributed by atoms with Crippen molar-refractivity contribution in [1.82, 2.24) is 4.98 Å². The van der Waals surface area contributed by atoms with Crippen LogP contribution in [0.3, 0.4) is 0 Å². The van der Waals surface area contributed by atoms with Gasteiger partial charge in [-0.3, -0.25) is 4.79 Å². The molecule has 0 radical (unpaired) electrons. The molecule has 1 aromatic heterocycles. The number of carbonyl (C=O) groups is 1. The topological polar surface area (TPSA) is 42.0 Å². The average molecular weight is 367 g/mol. The van der Waals surface area contributed by atoms with Crippen LogP contribution in [0.15, 0.2) is 29.6 Å². The van der Waals surface area contributed by atoms with Gasteiger partial charge in [0.15, 0.2) is 5.13 Å². The summed E-state index contributed by atoms with van der Waals surface area (Å²) < 4.78 is 0. The first-order valence-electron chi connectivity index (χ1n) is 9.77. The zero-order chi connectivity index (χ0) is 17.9. The third kappa shape index (κ3) is 2.53. The molecule has 4 heteroatoms. The summed E-state index contributed by atoms with van der Waals surface area (Å²) in [5.74, 6) is 1.61. The Bertz CT molecular complexity index is 839. The van der Waals surface area contributed by atoms with Gasteiger partial charge >= 0.3 is 0 Å². The maximum Gasteiger partial charge on any atom is 0.223 e. The molecule has 2 unspecified atom stereocenters. The predicted octanol–water partition coefficient (Wildman–Crippen LogP) is 5.20. The van der Waals surface area contributed by atoms with Crippen LogP contribution in [0.4, 0.5) is 5.13 Å². The molecule has 4 aliphatic carbocycles. The van der Waals surface area contributed by atoms with E-state index in [1.807, 2.05) is 0 Å². The van der Waals surface area contributed by atoms with Gasteiger partial charge < -0.3 is 5.32 Å². The van der Waals surface area contributed by atoms with Gasteiger partial charge in [-0.15, -0.1) is 11.3 Å². The van der Waals surface area contributed by atoms with E-state index in [9.17, 15) is 4.79 Å². The third-order valence-corrected chi connectivity index (χ3v) is 7.81. The summed E-state index contributed by atoms with van der Waals surface area (Å²) in [6.07, 6.45) is 7.87. The fraction of sp³-hybridized carbons (Fsp3) is 0.545. The number of hydrogen-bond donors (Lipinski definition) is 1. The van der Waals surface area contributed by atoms with Gasteiger partial charge in [0.05, 0.1) is 5.69 Å². The normalized spacial score (nSPS) is 34.8.